The summed E-state index contributed by atoms with van der Waals surface area (Å²) < 4.78 is 5.75. The van der Waals surface area contributed by atoms with Gasteiger partial charge in [0.15, 0.2) is 0 Å². The zero-order valence-corrected chi connectivity index (χ0v) is 6.84. The van der Waals surface area contributed by atoms with Gasteiger partial charge in [-0.1, -0.05) is 13.8 Å². The molecule has 0 N–H and O–H groups in total. The molecule has 2 aliphatic heterocycles. The van der Waals surface area contributed by atoms with Gasteiger partial charge in [-0.2, -0.15) is 0 Å². The van der Waals surface area contributed by atoms with Gasteiger partial charge in [-0.15, -0.1) is 0 Å². The highest BCUT2D eigenvalue weighted by molar-refractivity contribution is 4.90. The third kappa shape index (κ3) is 0.878. The number of rotatable bonds is 1. The van der Waals surface area contributed by atoms with Crippen LogP contribution in [0.2, 0.25) is 0 Å². The Morgan fingerprint density at radius 3 is 2.40 bits per heavy atom. The number of fused-ring (bicyclic) bond motifs is 2. The molecule has 2 rings (SSSR count). The molecule has 2 fully saturated rings. The van der Waals surface area contributed by atoms with Gasteiger partial charge in [-0.05, 0) is 31.1 Å². The molecule has 3 atom stereocenters. The maximum atomic E-state index is 5.75. The Morgan fingerprint density at radius 1 is 1.30 bits per heavy atom. The molecule has 1 heteroatoms. The average molecular weight is 140 g/mol. The van der Waals surface area contributed by atoms with Crippen molar-refractivity contribution in [1.29, 1.82) is 0 Å². The summed E-state index contributed by atoms with van der Waals surface area (Å²) in [5.41, 5.74) is 0. The van der Waals surface area contributed by atoms with Gasteiger partial charge >= 0.3 is 0 Å². The quantitative estimate of drug-likeness (QED) is 0.542. The van der Waals surface area contributed by atoms with E-state index < -0.39 is 0 Å². The molecule has 0 radical (unpaired) electrons. The molecule has 0 spiro atoms. The highest BCUT2D eigenvalue weighted by Gasteiger charge is 2.41. The van der Waals surface area contributed by atoms with E-state index in [9.17, 15) is 0 Å². The van der Waals surface area contributed by atoms with Crippen molar-refractivity contribution in [2.45, 2.75) is 45.3 Å². The molecule has 2 unspecified atom stereocenters. The Morgan fingerprint density at radius 2 is 2.10 bits per heavy atom. The fraction of sp³-hybridized carbons (Fsp3) is 1.00. The second-order valence-electron chi connectivity index (χ2n) is 4.02. The molecule has 10 heavy (non-hydrogen) atoms. The van der Waals surface area contributed by atoms with Crippen molar-refractivity contribution in [2.75, 3.05) is 0 Å². The summed E-state index contributed by atoms with van der Waals surface area (Å²) in [6.07, 6.45) is 5.26. The van der Waals surface area contributed by atoms with Crippen LogP contribution in [0.1, 0.15) is 33.1 Å². The van der Waals surface area contributed by atoms with Crippen LogP contribution in [-0.4, -0.2) is 12.2 Å². The van der Waals surface area contributed by atoms with Crippen LogP contribution in [-0.2, 0) is 4.74 Å². The Bertz CT molecular complexity index is 131. The van der Waals surface area contributed by atoms with Crippen LogP contribution in [0.3, 0.4) is 0 Å². The molecule has 58 valence electrons. The van der Waals surface area contributed by atoms with Crippen molar-refractivity contribution in [2.24, 2.45) is 11.8 Å². The van der Waals surface area contributed by atoms with Crippen LogP contribution < -0.4 is 0 Å². The molecular weight excluding hydrogens is 124 g/mol. The monoisotopic (exact) mass is 140 g/mol. The van der Waals surface area contributed by atoms with Gasteiger partial charge in [0, 0.05) is 0 Å². The first-order valence-electron chi connectivity index (χ1n) is 4.43. The summed E-state index contributed by atoms with van der Waals surface area (Å²) in [7, 11) is 0. The molecular formula is C9H16O. The van der Waals surface area contributed by atoms with Crippen LogP contribution in [0.4, 0.5) is 0 Å². The van der Waals surface area contributed by atoms with Crippen LogP contribution in [0.5, 0.6) is 0 Å². The summed E-state index contributed by atoms with van der Waals surface area (Å²) in [6.45, 7) is 4.63. The fourth-order valence-corrected chi connectivity index (χ4v) is 2.38. The maximum absolute atomic E-state index is 5.75. The predicted molar refractivity (Wildman–Crippen MR) is 40.8 cm³/mol. The Labute approximate surface area is 62.8 Å². The number of hydrogen-bond acceptors (Lipinski definition) is 1. The highest BCUT2D eigenvalue weighted by atomic mass is 16.5. The third-order valence-electron chi connectivity index (χ3n) is 3.01. The first-order valence-corrected chi connectivity index (χ1v) is 4.43. The minimum absolute atomic E-state index is 0.630. The van der Waals surface area contributed by atoms with E-state index in [4.69, 9.17) is 4.74 Å². The van der Waals surface area contributed by atoms with Gasteiger partial charge in [-0.3, -0.25) is 0 Å². The van der Waals surface area contributed by atoms with Gasteiger partial charge in [0.1, 0.15) is 0 Å². The SMILES string of the molecule is CC(C)[C@H]1CC2CCC1O2. The van der Waals surface area contributed by atoms with Crippen LogP contribution in [0.25, 0.3) is 0 Å². The number of ether oxygens (including phenoxy) is 1. The standard InChI is InChI=1S/C9H16O/c1-6(2)8-5-7-3-4-9(8)10-7/h6-9H,3-5H2,1-2H3/t7?,8-,9?/m1/s1. The molecule has 1 nitrogen and oxygen atoms in total. The van der Waals surface area contributed by atoms with Gasteiger partial charge < -0.3 is 4.74 Å². The second kappa shape index (κ2) is 2.23. The lowest BCUT2D eigenvalue weighted by molar-refractivity contribution is 0.0851. The van der Waals surface area contributed by atoms with Crippen molar-refractivity contribution in [1.82, 2.24) is 0 Å². The van der Waals surface area contributed by atoms with E-state index >= 15 is 0 Å². The molecule has 0 saturated carbocycles. The molecule has 2 bridgehead atoms. The lowest BCUT2D eigenvalue weighted by atomic mass is 9.82. The van der Waals surface area contributed by atoms with E-state index in [-0.39, 0.29) is 0 Å². The minimum Gasteiger partial charge on any atom is -0.375 e. The molecule has 2 saturated heterocycles. The molecule has 0 aromatic rings. The predicted octanol–water partition coefficient (Wildman–Crippen LogP) is 2.21. The van der Waals surface area contributed by atoms with Crippen molar-refractivity contribution < 1.29 is 4.74 Å². The van der Waals surface area contributed by atoms with Crippen LogP contribution in [0, 0.1) is 11.8 Å². The Hall–Kier alpha value is -0.0400. The molecule has 0 aliphatic carbocycles. The van der Waals surface area contributed by atoms with Gasteiger partial charge in [0.2, 0.25) is 0 Å². The smallest absolute Gasteiger partial charge is 0.0611 e. The summed E-state index contributed by atoms with van der Waals surface area (Å²) in [5.74, 6) is 1.70. The average Bonchev–Trinajstić information content (AvgIpc) is 2.44. The largest absolute Gasteiger partial charge is 0.375 e. The maximum Gasteiger partial charge on any atom is 0.0611 e. The van der Waals surface area contributed by atoms with Crippen molar-refractivity contribution in [3.05, 3.63) is 0 Å². The summed E-state index contributed by atoms with van der Waals surface area (Å²) in [4.78, 5) is 0. The van der Waals surface area contributed by atoms with E-state index in [2.05, 4.69) is 13.8 Å². The van der Waals surface area contributed by atoms with Crippen molar-refractivity contribution in [3.63, 3.8) is 0 Å². The first-order chi connectivity index (χ1) is 4.77. The van der Waals surface area contributed by atoms with E-state index in [1.807, 2.05) is 0 Å². The lowest BCUT2D eigenvalue weighted by Crippen LogP contribution is -2.21. The van der Waals surface area contributed by atoms with Crippen LogP contribution >= 0.6 is 0 Å². The van der Waals surface area contributed by atoms with E-state index in [1.54, 1.807) is 0 Å². The molecule has 2 aliphatic rings. The first kappa shape index (κ1) is 6.66. The fourth-order valence-electron chi connectivity index (χ4n) is 2.38. The normalized spacial score (nSPS) is 45.3. The van der Waals surface area contributed by atoms with Crippen LogP contribution in [0.15, 0.2) is 0 Å². The summed E-state index contributed by atoms with van der Waals surface area (Å²) in [6, 6.07) is 0. The zero-order chi connectivity index (χ0) is 7.14. The lowest BCUT2D eigenvalue weighted by Gasteiger charge is -2.21. The van der Waals surface area contributed by atoms with E-state index in [0.29, 0.717) is 12.2 Å². The third-order valence-corrected chi connectivity index (χ3v) is 3.01. The van der Waals surface area contributed by atoms with E-state index in [1.165, 1.54) is 19.3 Å². The van der Waals surface area contributed by atoms with Gasteiger partial charge in [0.05, 0.1) is 12.2 Å². The molecule has 0 aromatic carbocycles. The van der Waals surface area contributed by atoms with Gasteiger partial charge in [0.25, 0.3) is 0 Å². The molecule has 2 heterocycles. The number of hydrogen-bond donors (Lipinski definition) is 0. The minimum atomic E-state index is 0.630. The Kier molecular flexibility index (Phi) is 1.48. The van der Waals surface area contributed by atoms with Crippen molar-refractivity contribution >= 4 is 0 Å². The van der Waals surface area contributed by atoms with Crippen molar-refractivity contribution in [3.8, 4) is 0 Å². The highest BCUT2D eigenvalue weighted by Crippen LogP contribution is 2.41. The molecule has 0 amide bonds. The molecule has 0 aromatic heterocycles. The Balaban J connectivity index is 2.02. The van der Waals surface area contributed by atoms with E-state index in [0.717, 1.165) is 11.8 Å². The topological polar surface area (TPSA) is 9.23 Å². The zero-order valence-electron chi connectivity index (χ0n) is 6.84. The van der Waals surface area contributed by atoms with Gasteiger partial charge in [-0.25, -0.2) is 0 Å². The summed E-state index contributed by atoms with van der Waals surface area (Å²) >= 11 is 0. The summed E-state index contributed by atoms with van der Waals surface area (Å²) in [5, 5.41) is 0. The second-order valence-corrected chi connectivity index (χ2v) is 4.02.